The van der Waals surface area contributed by atoms with E-state index in [-0.39, 0.29) is 5.56 Å². The molecule has 2 aromatic carbocycles. The van der Waals surface area contributed by atoms with E-state index in [1.54, 1.807) is 36.4 Å². The summed E-state index contributed by atoms with van der Waals surface area (Å²) in [5.41, 5.74) is 0.574. The number of rotatable bonds is 4. The Kier molecular flexibility index (Phi) is 3.64. The lowest BCUT2D eigenvalue weighted by Crippen LogP contribution is -2.24. The van der Waals surface area contributed by atoms with Crippen molar-refractivity contribution in [1.82, 2.24) is 0 Å². The molecule has 1 aliphatic heterocycles. The second-order valence-electron chi connectivity index (χ2n) is 4.78. The molecule has 21 heavy (non-hydrogen) atoms. The van der Waals surface area contributed by atoms with E-state index in [0.29, 0.717) is 30.4 Å². The lowest BCUT2D eigenvalue weighted by Gasteiger charge is -2.21. The second kappa shape index (κ2) is 5.60. The molecule has 2 aromatic rings. The van der Waals surface area contributed by atoms with Crippen LogP contribution in [0, 0.1) is 0 Å². The molecule has 3 nitrogen and oxygen atoms in total. The van der Waals surface area contributed by atoms with E-state index in [9.17, 15) is 8.78 Å². The smallest absolute Gasteiger partial charge is 0.290 e. The molecule has 5 heteroatoms. The normalized spacial score (nSPS) is 13.8. The fraction of sp³-hybridized carbons (Fsp3) is 0.250. The minimum atomic E-state index is -2.94. The van der Waals surface area contributed by atoms with Gasteiger partial charge >= 0.3 is 0 Å². The Morgan fingerprint density at radius 1 is 0.952 bits per heavy atom. The standard InChI is InChI=1S/C16H15F2NO2/c17-16(18,12-4-2-1-3-5-12)11-19-13-6-7-14-15(10-13)21-9-8-20-14/h1-7,10,19H,8-9,11H2. The summed E-state index contributed by atoms with van der Waals surface area (Å²) in [6.07, 6.45) is 0. The topological polar surface area (TPSA) is 30.5 Å². The van der Waals surface area contributed by atoms with Gasteiger partial charge in [-0.25, -0.2) is 0 Å². The van der Waals surface area contributed by atoms with Gasteiger partial charge in [-0.3, -0.25) is 0 Å². The molecule has 0 aliphatic carbocycles. The minimum absolute atomic E-state index is 0.00459. The third-order valence-electron chi connectivity index (χ3n) is 3.25. The average Bonchev–Trinajstić information content (AvgIpc) is 2.54. The molecule has 0 unspecified atom stereocenters. The van der Waals surface area contributed by atoms with Gasteiger partial charge in [-0.05, 0) is 12.1 Å². The van der Waals surface area contributed by atoms with Crippen LogP contribution in [0.5, 0.6) is 11.5 Å². The monoisotopic (exact) mass is 291 g/mol. The van der Waals surface area contributed by atoms with Gasteiger partial charge in [0.25, 0.3) is 5.92 Å². The predicted octanol–water partition coefficient (Wildman–Crippen LogP) is 3.66. The highest BCUT2D eigenvalue weighted by Crippen LogP contribution is 2.34. The maximum Gasteiger partial charge on any atom is 0.290 e. The first-order chi connectivity index (χ1) is 10.1. The van der Waals surface area contributed by atoms with Gasteiger partial charge in [-0.15, -0.1) is 0 Å². The number of fused-ring (bicyclic) bond motifs is 1. The van der Waals surface area contributed by atoms with E-state index in [1.807, 2.05) is 0 Å². The molecule has 1 heterocycles. The number of nitrogens with one attached hydrogen (secondary N) is 1. The van der Waals surface area contributed by atoms with Crippen molar-refractivity contribution in [2.45, 2.75) is 5.92 Å². The van der Waals surface area contributed by atoms with Gasteiger partial charge < -0.3 is 14.8 Å². The molecule has 0 radical (unpaired) electrons. The summed E-state index contributed by atoms with van der Waals surface area (Å²) >= 11 is 0. The van der Waals surface area contributed by atoms with Crippen molar-refractivity contribution in [3.05, 3.63) is 54.1 Å². The molecule has 0 saturated heterocycles. The van der Waals surface area contributed by atoms with Crippen molar-refractivity contribution in [2.75, 3.05) is 25.1 Å². The molecule has 1 aliphatic rings. The quantitative estimate of drug-likeness (QED) is 0.932. The van der Waals surface area contributed by atoms with E-state index in [1.165, 1.54) is 12.1 Å². The summed E-state index contributed by atoms with van der Waals surface area (Å²) in [7, 11) is 0. The fourth-order valence-electron chi connectivity index (χ4n) is 2.15. The van der Waals surface area contributed by atoms with Gasteiger partial charge in [-0.1, -0.05) is 30.3 Å². The number of benzene rings is 2. The molecule has 0 bridgehead atoms. The first-order valence-corrected chi connectivity index (χ1v) is 6.72. The molecule has 0 spiro atoms. The van der Waals surface area contributed by atoms with Gasteiger partial charge in [0.15, 0.2) is 11.5 Å². The highest BCUT2D eigenvalue weighted by atomic mass is 19.3. The molecule has 110 valence electrons. The minimum Gasteiger partial charge on any atom is -0.486 e. The van der Waals surface area contributed by atoms with E-state index < -0.39 is 12.5 Å². The fourth-order valence-corrected chi connectivity index (χ4v) is 2.15. The molecule has 0 aromatic heterocycles. The van der Waals surface area contributed by atoms with E-state index in [0.717, 1.165) is 0 Å². The molecule has 1 N–H and O–H groups in total. The van der Waals surface area contributed by atoms with Crippen molar-refractivity contribution in [2.24, 2.45) is 0 Å². The van der Waals surface area contributed by atoms with Crippen LogP contribution in [0.25, 0.3) is 0 Å². The number of halogens is 2. The highest BCUT2D eigenvalue weighted by molar-refractivity contribution is 5.55. The summed E-state index contributed by atoms with van der Waals surface area (Å²) in [5, 5.41) is 2.75. The zero-order valence-electron chi connectivity index (χ0n) is 11.3. The number of alkyl halides is 2. The Morgan fingerprint density at radius 2 is 1.67 bits per heavy atom. The molecule has 3 rings (SSSR count). The van der Waals surface area contributed by atoms with Gasteiger partial charge in [0.2, 0.25) is 0 Å². The van der Waals surface area contributed by atoms with Crippen LogP contribution in [0.1, 0.15) is 5.56 Å². The van der Waals surface area contributed by atoms with Crippen LogP contribution in [-0.4, -0.2) is 19.8 Å². The van der Waals surface area contributed by atoms with Crippen molar-refractivity contribution in [3.63, 3.8) is 0 Å². The maximum atomic E-state index is 14.1. The van der Waals surface area contributed by atoms with Crippen LogP contribution in [0.2, 0.25) is 0 Å². The van der Waals surface area contributed by atoms with Crippen LogP contribution in [0.3, 0.4) is 0 Å². The van der Waals surface area contributed by atoms with Crippen molar-refractivity contribution in [3.8, 4) is 11.5 Å². The zero-order valence-corrected chi connectivity index (χ0v) is 11.3. The molecule has 0 amide bonds. The lowest BCUT2D eigenvalue weighted by atomic mass is 10.1. The molecule has 0 atom stereocenters. The molecule has 0 saturated carbocycles. The van der Waals surface area contributed by atoms with Crippen LogP contribution in [-0.2, 0) is 5.92 Å². The Balaban J connectivity index is 1.70. The Morgan fingerprint density at radius 3 is 2.43 bits per heavy atom. The molecule has 0 fully saturated rings. The Bertz CT molecular complexity index is 617. The number of ether oxygens (including phenoxy) is 2. The summed E-state index contributed by atoms with van der Waals surface area (Å²) in [4.78, 5) is 0. The highest BCUT2D eigenvalue weighted by Gasteiger charge is 2.31. The third kappa shape index (κ3) is 3.07. The number of anilines is 1. The van der Waals surface area contributed by atoms with Gasteiger partial charge in [0.1, 0.15) is 13.2 Å². The van der Waals surface area contributed by atoms with E-state index in [4.69, 9.17) is 9.47 Å². The second-order valence-corrected chi connectivity index (χ2v) is 4.78. The van der Waals surface area contributed by atoms with Gasteiger partial charge in [0, 0.05) is 17.3 Å². The summed E-state index contributed by atoms with van der Waals surface area (Å²) in [5.74, 6) is -1.72. The number of hydrogen-bond donors (Lipinski definition) is 1. The van der Waals surface area contributed by atoms with Crippen molar-refractivity contribution >= 4 is 5.69 Å². The van der Waals surface area contributed by atoms with Crippen LogP contribution >= 0.6 is 0 Å². The largest absolute Gasteiger partial charge is 0.486 e. The molecular formula is C16H15F2NO2. The van der Waals surface area contributed by atoms with Crippen LogP contribution < -0.4 is 14.8 Å². The maximum absolute atomic E-state index is 14.1. The SMILES string of the molecule is FC(F)(CNc1ccc2c(c1)OCCO2)c1ccccc1. The number of hydrogen-bond acceptors (Lipinski definition) is 3. The average molecular weight is 291 g/mol. The Labute approximate surface area is 121 Å². The van der Waals surface area contributed by atoms with E-state index >= 15 is 0 Å². The molecular weight excluding hydrogens is 276 g/mol. The summed E-state index contributed by atoms with van der Waals surface area (Å²) in [6, 6.07) is 12.9. The summed E-state index contributed by atoms with van der Waals surface area (Å²) < 4.78 is 38.9. The van der Waals surface area contributed by atoms with Crippen molar-refractivity contribution < 1.29 is 18.3 Å². The van der Waals surface area contributed by atoms with Crippen molar-refractivity contribution in [1.29, 1.82) is 0 Å². The first kappa shape index (κ1) is 13.7. The van der Waals surface area contributed by atoms with E-state index in [2.05, 4.69) is 5.32 Å². The van der Waals surface area contributed by atoms with Crippen LogP contribution in [0.4, 0.5) is 14.5 Å². The first-order valence-electron chi connectivity index (χ1n) is 6.72. The Hall–Kier alpha value is -2.30. The van der Waals surface area contributed by atoms with Gasteiger partial charge in [0.05, 0.1) is 6.54 Å². The van der Waals surface area contributed by atoms with Gasteiger partial charge in [-0.2, -0.15) is 8.78 Å². The zero-order chi connectivity index (χ0) is 14.7. The predicted molar refractivity (Wildman–Crippen MR) is 76.3 cm³/mol. The third-order valence-corrected chi connectivity index (χ3v) is 3.25. The lowest BCUT2D eigenvalue weighted by molar-refractivity contribution is 0.0106. The van der Waals surface area contributed by atoms with Crippen LogP contribution in [0.15, 0.2) is 48.5 Å². The summed E-state index contributed by atoms with van der Waals surface area (Å²) in [6.45, 7) is 0.499.